The van der Waals surface area contributed by atoms with Gasteiger partial charge >= 0.3 is 0 Å². The Morgan fingerprint density at radius 2 is 2.07 bits per heavy atom. The van der Waals surface area contributed by atoms with Crippen molar-refractivity contribution >= 4 is 17.2 Å². The Morgan fingerprint density at radius 1 is 1.19 bits per heavy atom. The number of piperazine rings is 1. The van der Waals surface area contributed by atoms with Crippen LogP contribution in [0.3, 0.4) is 0 Å². The monoisotopic (exact) mass is 386 g/mol. The summed E-state index contributed by atoms with van der Waals surface area (Å²) in [6, 6.07) is 11.8. The van der Waals surface area contributed by atoms with Crippen molar-refractivity contribution < 1.29 is 14.3 Å². The highest BCUT2D eigenvalue weighted by atomic mass is 32.1. The summed E-state index contributed by atoms with van der Waals surface area (Å²) in [5.41, 5.74) is 0.701. The van der Waals surface area contributed by atoms with Gasteiger partial charge in [-0.25, -0.2) is 0 Å². The van der Waals surface area contributed by atoms with Gasteiger partial charge in [-0.05, 0) is 42.5 Å². The summed E-state index contributed by atoms with van der Waals surface area (Å²) in [6.45, 7) is 5.73. The number of nitrogens with zero attached hydrogens (tertiary/aromatic N) is 2. The first kappa shape index (κ1) is 18.5. The van der Waals surface area contributed by atoms with Crippen LogP contribution in [0.15, 0.2) is 41.8 Å². The van der Waals surface area contributed by atoms with Crippen molar-refractivity contribution in [3.63, 3.8) is 0 Å². The summed E-state index contributed by atoms with van der Waals surface area (Å²) in [6.07, 6.45) is 2.33. The summed E-state index contributed by atoms with van der Waals surface area (Å²) in [4.78, 5) is 18.6. The second-order valence-corrected chi connectivity index (χ2v) is 8.15. The van der Waals surface area contributed by atoms with Crippen LogP contribution >= 0.6 is 11.3 Å². The molecule has 2 aliphatic heterocycles. The fourth-order valence-corrected chi connectivity index (χ4v) is 4.34. The molecule has 2 aromatic rings. The number of amides is 1. The van der Waals surface area contributed by atoms with Crippen LogP contribution in [0, 0.1) is 0 Å². The number of hydrogen-bond donors (Lipinski definition) is 0. The molecule has 2 fully saturated rings. The second-order valence-electron chi connectivity index (χ2n) is 7.12. The molecule has 0 spiro atoms. The molecule has 3 heterocycles. The van der Waals surface area contributed by atoms with Gasteiger partial charge in [0.2, 0.25) is 0 Å². The van der Waals surface area contributed by atoms with E-state index in [-0.39, 0.29) is 12.0 Å². The second kappa shape index (κ2) is 8.87. The highest BCUT2D eigenvalue weighted by molar-refractivity contribution is 7.09. The molecule has 1 aromatic heterocycles. The lowest BCUT2D eigenvalue weighted by Crippen LogP contribution is -2.48. The van der Waals surface area contributed by atoms with Crippen LogP contribution in [0.25, 0.3) is 0 Å². The molecular weight excluding hydrogens is 360 g/mol. The molecule has 0 bridgehead atoms. The summed E-state index contributed by atoms with van der Waals surface area (Å²) >= 11 is 1.79. The zero-order valence-electron chi connectivity index (χ0n) is 15.5. The van der Waals surface area contributed by atoms with Gasteiger partial charge in [0.15, 0.2) is 0 Å². The minimum atomic E-state index is 0.0911. The van der Waals surface area contributed by atoms with E-state index < -0.39 is 0 Å². The van der Waals surface area contributed by atoms with E-state index in [1.54, 1.807) is 11.3 Å². The lowest BCUT2D eigenvalue weighted by molar-refractivity contribution is 0.0626. The highest BCUT2D eigenvalue weighted by Gasteiger charge is 2.23. The van der Waals surface area contributed by atoms with Crippen molar-refractivity contribution in [2.75, 3.05) is 39.4 Å². The number of benzene rings is 1. The molecule has 0 unspecified atom stereocenters. The lowest BCUT2D eigenvalue weighted by Gasteiger charge is -2.34. The maximum Gasteiger partial charge on any atom is 0.254 e. The molecule has 2 aliphatic rings. The van der Waals surface area contributed by atoms with E-state index in [0.29, 0.717) is 12.2 Å². The van der Waals surface area contributed by atoms with Gasteiger partial charge in [0.25, 0.3) is 5.91 Å². The number of carbonyl (C=O) groups is 1. The zero-order valence-corrected chi connectivity index (χ0v) is 16.3. The van der Waals surface area contributed by atoms with E-state index in [4.69, 9.17) is 9.47 Å². The molecule has 0 aliphatic carbocycles. The van der Waals surface area contributed by atoms with Crippen LogP contribution in [0.2, 0.25) is 0 Å². The Morgan fingerprint density at radius 3 is 2.81 bits per heavy atom. The first-order chi connectivity index (χ1) is 13.3. The first-order valence-corrected chi connectivity index (χ1v) is 10.5. The minimum absolute atomic E-state index is 0.0911. The maximum atomic E-state index is 12.9. The van der Waals surface area contributed by atoms with Crippen LogP contribution in [0.4, 0.5) is 0 Å². The van der Waals surface area contributed by atoms with Crippen LogP contribution < -0.4 is 4.74 Å². The van der Waals surface area contributed by atoms with Crippen molar-refractivity contribution in [2.24, 2.45) is 0 Å². The molecule has 0 N–H and O–H groups in total. The SMILES string of the molecule is O=C(c1cccc(OC[C@@H]2CCCO2)c1)N1CCN(Cc2cccs2)CC1. The van der Waals surface area contributed by atoms with Gasteiger partial charge < -0.3 is 14.4 Å². The van der Waals surface area contributed by atoms with Crippen LogP contribution in [-0.2, 0) is 11.3 Å². The molecular formula is C21H26N2O3S. The third kappa shape index (κ3) is 4.89. The predicted molar refractivity (Wildman–Crippen MR) is 106 cm³/mol. The number of ether oxygens (including phenoxy) is 2. The number of hydrogen-bond acceptors (Lipinski definition) is 5. The van der Waals surface area contributed by atoms with Gasteiger partial charge in [-0.15, -0.1) is 11.3 Å². The minimum Gasteiger partial charge on any atom is -0.491 e. The number of thiophene rings is 1. The van der Waals surface area contributed by atoms with Gasteiger partial charge in [-0.1, -0.05) is 12.1 Å². The van der Waals surface area contributed by atoms with Gasteiger partial charge in [-0.2, -0.15) is 0 Å². The highest BCUT2D eigenvalue weighted by Crippen LogP contribution is 2.19. The average molecular weight is 387 g/mol. The summed E-state index contributed by atoms with van der Waals surface area (Å²) in [5.74, 6) is 0.834. The molecule has 144 valence electrons. The predicted octanol–water partition coefficient (Wildman–Crippen LogP) is 3.26. The van der Waals surface area contributed by atoms with Crippen molar-refractivity contribution in [1.29, 1.82) is 0 Å². The summed E-state index contributed by atoms with van der Waals surface area (Å²) in [5, 5.41) is 2.11. The molecule has 1 amide bonds. The van der Waals surface area contributed by atoms with E-state index in [1.807, 2.05) is 29.2 Å². The molecule has 0 saturated carbocycles. The van der Waals surface area contributed by atoms with Gasteiger partial charge in [-0.3, -0.25) is 9.69 Å². The van der Waals surface area contributed by atoms with Crippen molar-refractivity contribution in [2.45, 2.75) is 25.5 Å². The molecule has 2 saturated heterocycles. The van der Waals surface area contributed by atoms with E-state index in [2.05, 4.69) is 22.4 Å². The van der Waals surface area contributed by atoms with E-state index in [0.717, 1.165) is 57.9 Å². The molecule has 6 heteroatoms. The topological polar surface area (TPSA) is 42.0 Å². The quantitative estimate of drug-likeness (QED) is 0.764. The Hall–Kier alpha value is -1.89. The molecule has 4 rings (SSSR count). The van der Waals surface area contributed by atoms with E-state index in [9.17, 15) is 4.79 Å². The smallest absolute Gasteiger partial charge is 0.254 e. The van der Waals surface area contributed by atoms with Gasteiger partial charge in [0, 0.05) is 49.8 Å². The van der Waals surface area contributed by atoms with Crippen LogP contribution in [0.1, 0.15) is 28.1 Å². The fourth-order valence-electron chi connectivity index (χ4n) is 3.60. The Balaban J connectivity index is 1.29. The van der Waals surface area contributed by atoms with E-state index in [1.165, 1.54) is 4.88 Å². The number of carbonyl (C=O) groups excluding carboxylic acids is 1. The van der Waals surface area contributed by atoms with Crippen LogP contribution in [0.5, 0.6) is 5.75 Å². The number of rotatable bonds is 6. The zero-order chi connectivity index (χ0) is 18.5. The van der Waals surface area contributed by atoms with Crippen molar-refractivity contribution in [3.8, 4) is 5.75 Å². The first-order valence-electron chi connectivity index (χ1n) is 9.66. The molecule has 1 aromatic carbocycles. The normalized spacial score (nSPS) is 20.7. The molecule has 27 heavy (non-hydrogen) atoms. The third-order valence-corrected chi connectivity index (χ3v) is 6.02. The third-order valence-electron chi connectivity index (χ3n) is 5.16. The largest absolute Gasteiger partial charge is 0.491 e. The van der Waals surface area contributed by atoms with Crippen LogP contribution in [-0.4, -0.2) is 61.2 Å². The summed E-state index contributed by atoms with van der Waals surface area (Å²) in [7, 11) is 0. The standard InChI is InChI=1S/C21H26N2O3S/c24-21(23-10-8-22(9-11-23)15-20-7-3-13-27-20)17-4-1-5-18(14-17)26-16-19-6-2-12-25-19/h1,3-5,7,13-14,19H,2,6,8-12,15-16H2/t19-/m0/s1. The molecule has 5 nitrogen and oxygen atoms in total. The van der Waals surface area contributed by atoms with E-state index >= 15 is 0 Å². The molecule has 0 radical (unpaired) electrons. The Kier molecular flexibility index (Phi) is 6.07. The van der Waals surface area contributed by atoms with Gasteiger partial charge in [0.05, 0.1) is 6.10 Å². The fraction of sp³-hybridized carbons (Fsp3) is 0.476. The van der Waals surface area contributed by atoms with Crippen molar-refractivity contribution in [3.05, 3.63) is 52.2 Å². The van der Waals surface area contributed by atoms with Gasteiger partial charge in [0.1, 0.15) is 12.4 Å². The summed E-state index contributed by atoms with van der Waals surface area (Å²) < 4.78 is 11.4. The Labute approximate surface area is 164 Å². The molecule has 1 atom stereocenters. The maximum absolute atomic E-state index is 12.9. The van der Waals surface area contributed by atoms with Crippen molar-refractivity contribution in [1.82, 2.24) is 9.80 Å². The average Bonchev–Trinajstić information content (AvgIpc) is 3.41. The lowest BCUT2D eigenvalue weighted by atomic mass is 10.1. The Bertz CT molecular complexity index is 736.